The fourth-order valence-electron chi connectivity index (χ4n) is 3.28. The molecule has 5 heteroatoms. The van der Waals surface area contributed by atoms with Crippen LogP contribution in [0.1, 0.15) is 45.9 Å². The first-order valence-corrected chi connectivity index (χ1v) is 6.72. The Morgan fingerprint density at radius 2 is 2.17 bits per heavy atom. The predicted molar refractivity (Wildman–Crippen MR) is 67.4 cm³/mol. The van der Waals surface area contributed by atoms with Crippen molar-refractivity contribution in [2.24, 2.45) is 11.3 Å². The maximum absolute atomic E-state index is 5.77. The number of ether oxygens (including phenoxy) is 1. The van der Waals surface area contributed by atoms with Crippen LogP contribution in [0.5, 0.6) is 0 Å². The third-order valence-electron chi connectivity index (χ3n) is 4.34. The molecule has 1 aromatic heterocycles. The highest BCUT2D eigenvalue weighted by molar-refractivity contribution is 5.29. The molecule has 1 aliphatic heterocycles. The molecule has 2 heterocycles. The molecule has 18 heavy (non-hydrogen) atoms. The van der Waals surface area contributed by atoms with E-state index in [1.807, 2.05) is 0 Å². The number of hydrogen-bond acceptors (Lipinski definition) is 5. The molecule has 0 unspecified atom stereocenters. The molecule has 2 aliphatic rings. The van der Waals surface area contributed by atoms with E-state index in [1.54, 1.807) is 0 Å². The molecular formula is C13H21N3O2. The number of hydrogen-bond donors (Lipinski definition) is 1. The number of nitrogens with zero attached hydrogens (tertiary/aromatic N) is 2. The van der Waals surface area contributed by atoms with Crippen LogP contribution in [0, 0.1) is 11.3 Å². The Morgan fingerprint density at radius 3 is 2.83 bits per heavy atom. The van der Waals surface area contributed by atoms with E-state index in [9.17, 15) is 0 Å². The Labute approximate surface area is 107 Å². The molecule has 5 nitrogen and oxygen atoms in total. The van der Waals surface area contributed by atoms with Crippen LogP contribution in [0.15, 0.2) is 4.52 Å². The monoisotopic (exact) mass is 251 g/mol. The Kier molecular flexibility index (Phi) is 2.62. The van der Waals surface area contributed by atoms with Crippen molar-refractivity contribution < 1.29 is 9.26 Å². The Morgan fingerprint density at radius 1 is 1.39 bits per heavy atom. The van der Waals surface area contributed by atoms with E-state index >= 15 is 0 Å². The van der Waals surface area contributed by atoms with E-state index < -0.39 is 0 Å². The van der Waals surface area contributed by atoms with Crippen molar-refractivity contribution in [2.75, 3.05) is 11.9 Å². The second kappa shape index (κ2) is 3.95. The Bertz CT molecular complexity index is 441. The minimum Gasteiger partial charge on any atom is -0.377 e. The number of rotatable bonds is 3. The molecule has 0 amide bonds. The van der Waals surface area contributed by atoms with E-state index in [-0.39, 0.29) is 5.41 Å². The second-order valence-corrected chi connectivity index (χ2v) is 6.30. The van der Waals surface area contributed by atoms with Crippen LogP contribution in [0.4, 0.5) is 6.01 Å². The summed E-state index contributed by atoms with van der Waals surface area (Å²) in [6.45, 7) is 9.46. The molecule has 1 N–H and O–H groups in total. The van der Waals surface area contributed by atoms with E-state index in [1.165, 1.54) is 0 Å². The molecule has 1 saturated heterocycles. The van der Waals surface area contributed by atoms with Crippen LogP contribution in [0.2, 0.25) is 0 Å². The van der Waals surface area contributed by atoms with Crippen LogP contribution < -0.4 is 5.32 Å². The zero-order chi connectivity index (χ0) is 12.9. The van der Waals surface area contributed by atoms with E-state index in [4.69, 9.17) is 9.26 Å². The highest BCUT2D eigenvalue weighted by atomic mass is 16.5. The molecule has 0 bridgehead atoms. The fourth-order valence-corrected chi connectivity index (χ4v) is 3.28. The van der Waals surface area contributed by atoms with Crippen LogP contribution in [0.25, 0.3) is 0 Å². The summed E-state index contributed by atoms with van der Waals surface area (Å²) in [6.07, 6.45) is 1.50. The summed E-state index contributed by atoms with van der Waals surface area (Å²) in [5.41, 5.74) is 0.133. The summed E-state index contributed by atoms with van der Waals surface area (Å²) in [5.74, 6) is 1.63. The summed E-state index contributed by atoms with van der Waals surface area (Å²) >= 11 is 0. The number of nitrogens with one attached hydrogen (secondary N) is 1. The van der Waals surface area contributed by atoms with Gasteiger partial charge in [0.25, 0.3) is 0 Å². The minimum absolute atomic E-state index is 0.133. The van der Waals surface area contributed by atoms with Gasteiger partial charge in [-0.25, -0.2) is 0 Å². The van der Waals surface area contributed by atoms with Gasteiger partial charge in [0.15, 0.2) is 5.82 Å². The van der Waals surface area contributed by atoms with Gasteiger partial charge in [-0.05, 0) is 6.42 Å². The molecule has 0 radical (unpaired) electrons. The molecule has 1 saturated carbocycles. The van der Waals surface area contributed by atoms with Crippen LogP contribution >= 0.6 is 0 Å². The van der Waals surface area contributed by atoms with Crippen molar-refractivity contribution in [2.45, 2.75) is 52.2 Å². The number of anilines is 1. The lowest BCUT2D eigenvalue weighted by molar-refractivity contribution is -0.0929. The van der Waals surface area contributed by atoms with Crippen LogP contribution in [-0.2, 0) is 4.74 Å². The van der Waals surface area contributed by atoms with Crippen molar-refractivity contribution in [3.05, 3.63) is 5.82 Å². The smallest absolute Gasteiger partial charge is 0.321 e. The van der Waals surface area contributed by atoms with Gasteiger partial charge in [0.1, 0.15) is 0 Å². The average molecular weight is 251 g/mol. The summed E-state index contributed by atoms with van der Waals surface area (Å²) in [6, 6.07) is 0.910. The molecule has 100 valence electrons. The Hall–Kier alpha value is -1.10. The first-order chi connectivity index (χ1) is 8.50. The maximum Gasteiger partial charge on any atom is 0.321 e. The molecule has 3 rings (SSSR count). The van der Waals surface area contributed by atoms with E-state index in [0.717, 1.165) is 18.9 Å². The van der Waals surface area contributed by atoms with Gasteiger partial charge in [-0.2, -0.15) is 4.98 Å². The second-order valence-electron chi connectivity index (χ2n) is 6.30. The summed E-state index contributed by atoms with van der Waals surface area (Å²) in [5, 5.41) is 7.38. The van der Waals surface area contributed by atoms with Crippen molar-refractivity contribution in [3.63, 3.8) is 0 Å². The van der Waals surface area contributed by atoms with E-state index in [0.29, 0.717) is 30.0 Å². The van der Waals surface area contributed by atoms with Gasteiger partial charge >= 0.3 is 6.01 Å². The largest absolute Gasteiger partial charge is 0.377 e. The fraction of sp³-hybridized carbons (Fsp3) is 0.846. The van der Waals surface area contributed by atoms with Crippen LogP contribution in [-0.4, -0.2) is 28.9 Å². The third-order valence-corrected chi connectivity index (χ3v) is 4.34. The molecular weight excluding hydrogens is 230 g/mol. The molecule has 2 fully saturated rings. The van der Waals surface area contributed by atoms with Gasteiger partial charge in [-0.1, -0.05) is 32.9 Å². The standard InChI is InChI=1S/C13H21N3O2/c1-7(2)11-15-12(18-16-11)14-9-8-5-6-17-10(8)13(9,3)4/h7-10H,5-6H2,1-4H3,(H,14,15,16)/t8-,9-,10-/m1/s1. The SMILES string of the molecule is CC(C)c1noc(N[C@@H]2[C@H]3CCO[C@H]3C2(C)C)n1. The summed E-state index contributed by atoms with van der Waals surface area (Å²) in [7, 11) is 0. The van der Waals surface area contributed by atoms with E-state index in [2.05, 4.69) is 43.2 Å². The van der Waals surface area contributed by atoms with Gasteiger partial charge in [-0.15, -0.1) is 0 Å². The van der Waals surface area contributed by atoms with Crippen molar-refractivity contribution in [1.82, 2.24) is 10.1 Å². The lowest BCUT2D eigenvalue weighted by atomic mass is 9.57. The van der Waals surface area contributed by atoms with Gasteiger partial charge in [0, 0.05) is 29.9 Å². The van der Waals surface area contributed by atoms with Crippen molar-refractivity contribution in [3.8, 4) is 0 Å². The lowest BCUT2D eigenvalue weighted by Crippen LogP contribution is -2.63. The first-order valence-electron chi connectivity index (χ1n) is 6.72. The van der Waals surface area contributed by atoms with Crippen LogP contribution in [0.3, 0.4) is 0 Å². The summed E-state index contributed by atoms with van der Waals surface area (Å²) < 4.78 is 11.0. The molecule has 1 aliphatic carbocycles. The lowest BCUT2D eigenvalue weighted by Gasteiger charge is -2.54. The zero-order valence-corrected chi connectivity index (χ0v) is 11.4. The van der Waals surface area contributed by atoms with Crippen molar-refractivity contribution >= 4 is 6.01 Å². The average Bonchev–Trinajstić information content (AvgIpc) is 2.94. The molecule has 3 atom stereocenters. The maximum atomic E-state index is 5.77. The highest BCUT2D eigenvalue weighted by Crippen LogP contribution is 2.53. The zero-order valence-electron chi connectivity index (χ0n) is 11.4. The van der Waals surface area contributed by atoms with Gasteiger partial charge in [0.2, 0.25) is 0 Å². The van der Waals surface area contributed by atoms with Gasteiger partial charge in [0.05, 0.1) is 6.10 Å². The minimum atomic E-state index is 0.133. The number of fused-ring (bicyclic) bond motifs is 1. The quantitative estimate of drug-likeness (QED) is 0.894. The molecule has 0 spiro atoms. The Balaban J connectivity index is 1.72. The summed E-state index contributed by atoms with van der Waals surface area (Å²) in [4.78, 5) is 4.38. The normalized spacial score (nSPS) is 33.3. The van der Waals surface area contributed by atoms with Gasteiger partial charge in [-0.3, -0.25) is 0 Å². The van der Waals surface area contributed by atoms with Crippen molar-refractivity contribution in [1.29, 1.82) is 0 Å². The molecule has 1 aromatic rings. The molecule has 0 aromatic carbocycles. The highest BCUT2D eigenvalue weighted by Gasteiger charge is 2.59. The predicted octanol–water partition coefficient (Wildman–Crippen LogP) is 2.42. The third kappa shape index (κ3) is 1.64. The van der Waals surface area contributed by atoms with Gasteiger partial charge < -0.3 is 14.6 Å². The topological polar surface area (TPSA) is 60.2 Å². The first kappa shape index (κ1) is 12.0. The number of aromatic nitrogens is 2.